The first-order valence-electron chi connectivity index (χ1n) is 4.34. The molecule has 0 aliphatic rings. The zero-order valence-corrected chi connectivity index (χ0v) is 7.55. The highest BCUT2D eigenvalue weighted by Crippen LogP contribution is 2.08. The summed E-state index contributed by atoms with van der Waals surface area (Å²) < 4.78 is 0. The van der Waals surface area contributed by atoms with Crippen molar-refractivity contribution in [3.63, 3.8) is 0 Å². The molecule has 72 valence electrons. The normalized spacial score (nSPS) is 12.5. The van der Waals surface area contributed by atoms with Gasteiger partial charge < -0.3 is 16.2 Å². The van der Waals surface area contributed by atoms with Gasteiger partial charge in [-0.2, -0.15) is 0 Å². The maximum Gasteiger partial charge on any atom is 0.312 e. The number of carbonyl (C=O) groups is 1. The van der Waals surface area contributed by atoms with Crippen molar-refractivity contribution < 1.29 is 9.90 Å². The first kappa shape index (κ1) is 11.2. The zero-order chi connectivity index (χ0) is 9.40. The fourth-order valence-electron chi connectivity index (χ4n) is 1.18. The van der Waals surface area contributed by atoms with Gasteiger partial charge >= 0.3 is 6.03 Å². The van der Waals surface area contributed by atoms with Crippen LogP contribution in [0.15, 0.2) is 0 Å². The van der Waals surface area contributed by atoms with E-state index in [1.807, 2.05) is 0 Å². The Balaban J connectivity index is 3.54. The predicted octanol–water partition coefficient (Wildman–Crippen LogP) is 0.453. The molecular weight excluding hydrogens is 156 g/mol. The zero-order valence-electron chi connectivity index (χ0n) is 7.55. The Labute approximate surface area is 73.1 Å². The van der Waals surface area contributed by atoms with Gasteiger partial charge in [0, 0.05) is 13.2 Å². The van der Waals surface area contributed by atoms with Gasteiger partial charge in [-0.1, -0.05) is 13.3 Å². The number of hydrogen-bond donors (Lipinski definition) is 3. The van der Waals surface area contributed by atoms with Gasteiger partial charge in [0.25, 0.3) is 0 Å². The lowest BCUT2D eigenvalue weighted by Crippen LogP contribution is -2.33. The van der Waals surface area contributed by atoms with Crippen molar-refractivity contribution in [3.8, 4) is 0 Å². The van der Waals surface area contributed by atoms with Crippen molar-refractivity contribution >= 4 is 6.03 Å². The Morgan fingerprint density at radius 1 is 1.58 bits per heavy atom. The number of primary amides is 1. The minimum absolute atomic E-state index is 0.172. The Kier molecular flexibility index (Phi) is 6.47. The second-order valence-electron chi connectivity index (χ2n) is 2.91. The Morgan fingerprint density at radius 3 is 2.67 bits per heavy atom. The van der Waals surface area contributed by atoms with Gasteiger partial charge in [-0.25, -0.2) is 4.79 Å². The molecule has 0 aromatic heterocycles. The summed E-state index contributed by atoms with van der Waals surface area (Å²) in [5.74, 6) is 0.354. The molecule has 0 aliphatic heterocycles. The summed E-state index contributed by atoms with van der Waals surface area (Å²) in [6, 6.07) is -0.492. The number of aliphatic hydroxyl groups excluding tert-OH is 1. The average Bonchev–Trinajstić information content (AvgIpc) is 2.01. The van der Waals surface area contributed by atoms with Gasteiger partial charge in [-0.05, 0) is 18.8 Å². The van der Waals surface area contributed by atoms with Gasteiger partial charge in [0.2, 0.25) is 0 Å². The van der Waals surface area contributed by atoms with Gasteiger partial charge in [0.1, 0.15) is 0 Å². The molecule has 0 bridgehead atoms. The highest BCUT2D eigenvalue weighted by atomic mass is 16.3. The predicted molar refractivity (Wildman–Crippen MR) is 47.7 cm³/mol. The summed E-state index contributed by atoms with van der Waals surface area (Å²) in [5, 5.41) is 11.2. The number of amides is 2. The molecule has 0 spiro atoms. The molecule has 1 atom stereocenters. The standard InChI is InChI=1S/C8H18N2O2/c1-2-3-7(4-5-11)6-10-8(9)12/h7,11H,2-6H2,1H3,(H3,9,10,12). The number of nitrogens with one attached hydrogen (secondary N) is 1. The van der Waals surface area contributed by atoms with E-state index in [1.165, 1.54) is 0 Å². The third-order valence-corrected chi connectivity index (χ3v) is 1.80. The number of aliphatic hydroxyl groups is 1. The molecule has 0 saturated heterocycles. The van der Waals surface area contributed by atoms with Crippen molar-refractivity contribution in [1.29, 1.82) is 0 Å². The molecule has 0 rings (SSSR count). The summed E-state index contributed by atoms with van der Waals surface area (Å²) in [5.41, 5.74) is 4.92. The monoisotopic (exact) mass is 174 g/mol. The Bertz CT molecular complexity index is 122. The van der Waals surface area contributed by atoms with E-state index in [9.17, 15) is 4.79 Å². The van der Waals surface area contributed by atoms with Crippen molar-refractivity contribution in [1.82, 2.24) is 5.32 Å². The van der Waals surface area contributed by atoms with Crippen LogP contribution in [0.4, 0.5) is 4.79 Å². The number of hydrogen-bond acceptors (Lipinski definition) is 2. The molecule has 0 aliphatic carbocycles. The summed E-state index contributed by atoms with van der Waals surface area (Å²) >= 11 is 0. The van der Waals surface area contributed by atoms with Crippen molar-refractivity contribution in [2.75, 3.05) is 13.2 Å². The molecule has 2 amide bonds. The summed E-state index contributed by atoms with van der Waals surface area (Å²) in [6.07, 6.45) is 2.81. The van der Waals surface area contributed by atoms with E-state index >= 15 is 0 Å². The van der Waals surface area contributed by atoms with E-state index in [2.05, 4.69) is 12.2 Å². The largest absolute Gasteiger partial charge is 0.396 e. The lowest BCUT2D eigenvalue weighted by molar-refractivity contribution is 0.235. The molecule has 4 N–H and O–H groups in total. The van der Waals surface area contributed by atoms with E-state index in [4.69, 9.17) is 10.8 Å². The van der Waals surface area contributed by atoms with E-state index in [0.29, 0.717) is 12.5 Å². The van der Waals surface area contributed by atoms with E-state index in [1.54, 1.807) is 0 Å². The Morgan fingerprint density at radius 2 is 2.25 bits per heavy atom. The topological polar surface area (TPSA) is 75.3 Å². The average molecular weight is 174 g/mol. The van der Waals surface area contributed by atoms with Crippen LogP contribution in [0.2, 0.25) is 0 Å². The summed E-state index contributed by atoms with van der Waals surface area (Å²) in [7, 11) is 0. The van der Waals surface area contributed by atoms with E-state index < -0.39 is 6.03 Å². The molecule has 0 radical (unpaired) electrons. The molecule has 0 aromatic carbocycles. The number of carbonyl (C=O) groups excluding carboxylic acids is 1. The van der Waals surface area contributed by atoms with Crippen LogP contribution in [-0.4, -0.2) is 24.3 Å². The third-order valence-electron chi connectivity index (χ3n) is 1.80. The van der Waals surface area contributed by atoms with Gasteiger partial charge in [-0.15, -0.1) is 0 Å². The van der Waals surface area contributed by atoms with Crippen LogP contribution in [0.25, 0.3) is 0 Å². The van der Waals surface area contributed by atoms with E-state index in [-0.39, 0.29) is 6.61 Å². The maximum atomic E-state index is 10.4. The lowest BCUT2D eigenvalue weighted by Gasteiger charge is -2.14. The molecular formula is C8H18N2O2. The van der Waals surface area contributed by atoms with Crippen LogP contribution in [0.3, 0.4) is 0 Å². The van der Waals surface area contributed by atoms with Gasteiger partial charge in [-0.3, -0.25) is 0 Å². The minimum atomic E-state index is -0.492. The van der Waals surface area contributed by atoms with E-state index in [0.717, 1.165) is 19.3 Å². The molecule has 0 aromatic rings. The SMILES string of the molecule is CCCC(CCO)CNC(N)=O. The van der Waals surface area contributed by atoms with Crippen LogP contribution in [-0.2, 0) is 0 Å². The molecule has 0 heterocycles. The van der Waals surface area contributed by atoms with Crippen LogP contribution < -0.4 is 11.1 Å². The highest BCUT2D eigenvalue weighted by molar-refractivity contribution is 5.71. The first-order chi connectivity index (χ1) is 5.70. The fourth-order valence-corrected chi connectivity index (χ4v) is 1.18. The number of urea groups is 1. The maximum absolute atomic E-state index is 10.4. The third kappa shape index (κ3) is 5.97. The molecule has 4 heteroatoms. The molecule has 0 fully saturated rings. The van der Waals surface area contributed by atoms with Crippen LogP contribution in [0.5, 0.6) is 0 Å². The second-order valence-corrected chi connectivity index (χ2v) is 2.91. The summed E-state index contributed by atoms with van der Waals surface area (Å²) in [4.78, 5) is 10.4. The smallest absolute Gasteiger partial charge is 0.312 e. The van der Waals surface area contributed by atoms with Crippen LogP contribution in [0, 0.1) is 5.92 Å². The van der Waals surface area contributed by atoms with Crippen molar-refractivity contribution in [2.45, 2.75) is 26.2 Å². The fraction of sp³-hybridized carbons (Fsp3) is 0.875. The first-order valence-corrected chi connectivity index (χ1v) is 4.34. The molecule has 1 unspecified atom stereocenters. The number of nitrogens with two attached hydrogens (primary N) is 1. The quantitative estimate of drug-likeness (QED) is 0.547. The second kappa shape index (κ2) is 6.91. The molecule has 0 saturated carbocycles. The van der Waals surface area contributed by atoms with Gasteiger partial charge in [0.05, 0.1) is 0 Å². The number of rotatable bonds is 6. The summed E-state index contributed by atoms with van der Waals surface area (Å²) in [6.45, 7) is 2.82. The Hall–Kier alpha value is -0.770. The van der Waals surface area contributed by atoms with Crippen molar-refractivity contribution in [3.05, 3.63) is 0 Å². The lowest BCUT2D eigenvalue weighted by atomic mass is 10.0. The van der Waals surface area contributed by atoms with Crippen molar-refractivity contribution in [2.24, 2.45) is 11.7 Å². The van der Waals surface area contributed by atoms with Gasteiger partial charge in [0.15, 0.2) is 0 Å². The molecule has 4 nitrogen and oxygen atoms in total. The van der Waals surface area contributed by atoms with Crippen LogP contribution in [0.1, 0.15) is 26.2 Å². The molecule has 12 heavy (non-hydrogen) atoms. The highest BCUT2D eigenvalue weighted by Gasteiger charge is 2.06. The van der Waals surface area contributed by atoms with Crippen LogP contribution >= 0.6 is 0 Å². The minimum Gasteiger partial charge on any atom is -0.396 e.